The van der Waals surface area contributed by atoms with Gasteiger partial charge in [-0.1, -0.05) is 11.6 Å². The fourth-order valence-corrected chi connectivity index (χ4v) is 2.40. The van der Waals surface area contributed by atoms with E-state index in [2.05, 4.69) is 5.32 Å². The van der Waals surface area contributed by atoms with Crippen LogP contribution in [0.1, 0.15) is 17.3 Å². The second-order valence-electron chi connectivity index (χ2n) is 5.60. The molecule has 0 aliphatic rings. The van der Waals surface area contributed by atoms with Gasteiger partial charge in [-0.3, -0.25) is 25.0 Å². The Balaban J connectivity index is 2.17. The summed E-state index contributed by atoms with van der Waals surface area (Å²) >= 11 is 5.87. The number of carbonyl (C=O) groups is 2. The largest absolute Gasteiger partial charge is 0.495 e. The van der Waals surface area contributed by atoms with Crippen molar-refractivity contribution < 1.29 is 28.9 Å². The minimum atomic E-state index is -1.35. The first-order chi connectivity index (χ1) is 13.6. The van der Waals surface area contributed by atoms with Gasteiger partial charge < -0.3 is 14.8 Å². The highest BCUT2D eigenvalue weighted by Crippen LogP contribution is 2.29. The van der Waals surface area contributed by atoms with Gasteiger partial charge >= 0.3 is 5.97 Å². The number of rotatable bonds is 7. The molecule has 1 unspecified atom stereocenters. The van der Waals surface area contributed by atoms with Crippen molar-refractivity contribution in [3.63, 3.8) is 0 Å². The zero-order chi connectivity index (χ0) is 21.7. The van der Waals surface area contributed by atoms with Gasteiger partial charge in [-0.05, 0) is 19.1 Å². The topological polar surface area (TPSA) is 151 Å². The SMILES string of the molecule is COc1ccc([N+](=O)[O-])cc1NC(=O)C(C)OC(=O)c1cc([N+](=O)[O-])ccc1Cl. The molecule has 1 N–H and O–H groups in total. The number of benzene rings is 2. The Labute approximate surface area is 168 Å². The lowest BCUT2D eigenvalue weighted by atomic mass is 10.2. The molecule has 0 saturated heterocycles. The number of non-ortho nitro benzene ring substituents is 2. The molecule has 152 valence electrons. The van der Waals surface area contributed by atoms with E-state index in [-0.39, 0.29) is 33.4 Å². The Morgan fingerprint density at radius 1 is 1.07 bits per heavy atom. The van der Waals surface area contributed by atoms with Crippen molar-refractivity contribution in [2.24, 2.45) is 0 Å². The van der Waals surface area contributed by atoms with Crippen LogP contribution < -0.4 is 10.1 Å². The first-order valence-corrected chi connectivity index (χ1v) is 8.30. The van der Waals surface area contributed by atoms with Gasteiger partial charge in [-0.2, -0.15) is 0 Å². The van der Waals surface area contributed by atoms with Crippen molar-refractivity contribution >= 4 is 40.5 Å². The van der Waals surface area contributed by atoms with Gasteiger partial charge in [0.15, 0.2) is 6.10 Å². The Morgan fingerprint density at radius 2 is 1.66 bits per heavy atom. The maximum atomic E-state index is 12.3. The second-order valence-corrected chi connectivity index (χ2v) is 6.01. The minimum Gasteiger partial charge on any atom is -0.495 e. The average Bonchev–Trinajstić information content (AvgIpc) is 2.67. The highest BCUT2D eigenvalue weighted by molar-refractivity contribution is 6.33. The number of nitrogens with zero attached hydrogens (tertiary/aromatic N) is 2. The van der Waals surface area contributed by atoms with Crippen molar-refractivity contribution in [1.29, 1.82) is 0 Å². The zero-order valence-corrected chi connectivity index (χ0v) is 15.8. The van der Waals surface area contributed by atoms with Crippen molar-refractivity contribution in [2.75, 3.05) is 12.4 Å². The third-order valence-corrected chi connectivity index (χ3v) is 4.02. The van der Waals surface area contributed by atoms with Crippen LogP contribution >= 0.6 is 11.6 Å². The molecule has 0 aliphatic heterocycles. The zero-order valence-electron chi connectivity index (χ0n) is 15.1. The predicted molar refractivity (Wildman–Crippen MR) is 101 cm³/mol. The predicted octanol–water partition coefficient (Wildman–Crippen LogP) is 3.35. The molecule has 11 nitrogen and oxygen atoms in total. The first kappa shape index (κ1) is 21.6. The summed E-state index contributed by atoms with van der Waals surface area (Å²) in [6.45, 7) is 1.25. The Morgan fingerprint density at radius 3 is 2.24 bits per heavy atom. The van der Waals surface area contributed by atoms with Crippen LogP contribution in [0.15, 0.2) is 36.4 Å². The van der Waals surface area contributed by atoms with Gasteiger partial charge in [0.25, 0.3) is 17.3 Å². The van der Waals surface area contributed by atoms with E-state index in [9.17, 15) is 29.8 Å². The van der Waals surface area contributed by atoms with E-state index in [1.165, 1.54) is 26.2 Å². The number of ether oxygens (including phenoxy) is 2. The Hall–Kier alpha value is -3.73. The van der Waals surface area contributed by atoms with Gasteiger partial charge in [-0.25, -0.2) is 4.79 Å². The van der Waals surface area contributed by atoms with E-state index >= 15 is 0 Å². The van der Waals surface area contributed by atoms with Gasteiger partial charge in [0.05, 0.1) is 33.2 Å². The minimum absolute atomic E-state index is 0.00276. The molecule has 29 heavy (non-hydrogen) atoms. The van der Waals surface area contributed by atoms with Crippen LogP contribution in [-0.4, -0.2) is 34.9 Å². The van der Waals surface area contributed by atoms with Crippen LogP contribution in [0.2, 0.25) is 5.02 Å². The lowest BCUT2D eigenvalue weighted by molar-refractivity contribution is -0.385. The van der Waals surface area contributed by atoms with Gasteiger partial charge in [0.1, 0.15) is 5.75 Å². The van der Waals surface area contributed by atoms with E-state index in [1.807, 2.05) is 0 Å². The molecule has 0 aromatic heterocycles. The fourth-order valence-electron chi connectivity index (χ4n) is 2.20. The number of halogens is 1. The van der Waals surface area contributed by atoms with E-state index in [4.69, 9.17) is 21.1 Å². The van der Waals surface area contributed by atoms with Crippen LogP contribution in [0.5, 0.6) is 5.75 Å². The Bertz CT molecular complexity index is 995. The lowest BCUT2D eigenvalue weighted by Gasteiger charge is -2.15. The van der Waals surface area contributed by atoms with Crippen molar-refractivity contribution in [3.05, 3.63) is 67.2 Å². The molecule has 2 rings (SSSR count). The molecule has 0 aliphatic carbocycles. The number of anilines is 1. The number of nitro benzene ring substituents is 2. The van der Waals surface area contributed by atoms with E-state index in [0.717, 1.165) is 24.3 Å². The molecule has 12 heteroatoms. The summed E-state index contributed by atoms with van der Waals surface area (Å²) in [6.07, 6.45) is -1.35. The highest BCUT2D eigenvalue weighted by atomic mass is 35.5. The quantitative estimate of drug-likeness (QED) is 0.404. The summed E-state index contributed by atoms with van der Waals surface area (Å²) in [4.78, 5) is 45.0. The molecule has 1 atom stereocenters. The number of amides is 1. The number of esters is 1. The van der Waals surface area contributed by atoms with E-state index in [0.29, 0.717) is 0 Å². The molecular weight excluding hydrogens is 410 g/mol. The summed E-state index contributed by atoms with van der Waals surface area (Å²) in [5.74, 6) is -1.70. The molecule has 0 fully saturated rings. The third kappa shape index (κ3) is 5.17. The van der Waals surface area contributed by atoms with Gasteiger partial charge in [-0.15, -0.1) is 0 Å². The molecule has 0 heterocycles. The van der Waals surface area contributed by atoms with Crippen LogP contribution in [0.3, 0.4) is 0 Å². The normalized spacial score (nSPS) is 11.3. The average molecular weight is 424 g/mol. The molecule has 2 aromatic rings. The number of hydrogen-bond acceptors (Lipinski definition) is 8. The smallest absolute Gasteiger partial charge is 0.340 e. The van der Waals surface area contributed by atoms with Crippen molar-refractivity contribution in [2.45, 2.75) is 13.0 Å². The third-order valence-electron chi connectivity index (χ3n) is 3.69. The molecule has 0 saturated carbocycles. The first-order valence-electron chi connectivity index (χ1n) is 7.92. The summed E-state index contributed by atoms with van der Waals surface area (Å²) in [6, 6.07) is 6.79. The molecule has 0 spiro atoms. The Kier molecular flexibility index (Phi) is 6.67. The number of hydrogen-bond donors (Lipinski definition) is 1. The molecular formula is C17H14ClN3O8. The fraction of sp³-hybridized carbons (Fsp3) is 0.176. The van der Waals surface area contributed by atoms with E-state index in [1.54, 1.807) is 0 Å². The molecule has 0 bridgehead atoms. The second kappa shape index (κ2) is 8.97. The molecule has 1 amide bonds. The standard InChI is InChI=1S/C17H14ClN3O8/c1-9(29-17(23)12-7-10(20(24)25)3-5-13(12)18)16(22)19-14-8-11(21(26)27)4-6-15(14)28-2/h3-9H,1-2H3,(H,19,22). The van der Waals surface area contributed by atoms with Crippen LogP contribution in [-0.2, 0) is 9.53 Å². The maximum absolute atomic E-state index is 12.3. The molecule has 2 aromatic carbocycles. The van der Waals surface area contributed by atoms with Crippen molar-refractivity contribution in [3.8, 4) is 5.75 Å². The molecule has 0 radical (unpaired) electrons. The van der Waals surface area contributed by atoms with Crippen LogP contribution in [0, 0.1) is 20.2 Å². The number of nitrogens with one attached hydrogen (secondary N) is 1. The highest BCUT2D eigenvalue weighted by Gasteiger charge is 2.24. The van der Waals surface area contributed by atoms with Gasteiger partial charge in [0, 0.05) is 24.3 Å². The number of methoxy groups -OCH3 is 1. The van der Waals surface area contributed by atoms with Crippen molar-refractivity contribution in [1.82, 2.24) is 0 Å². The van der Waals surface area contributed by atoms with E-state index < -0.39 is 27.8 Å². The van der Waals surface area contributed by atoms with Crippen LogP contribution in [0.25, 0.3) is 0 Å². The lowest BCUT2D eigenvalue weighted by Crippen LogP contribution is -2.30. The maximum Gasteiger partial charge on any atom is 0.340 e. The summed E-state index contributed by atoms with van der Waals surface area (Å²) < 4.78 is 10.0. The number of nitro groups is 2. The number of carbonyl (C=O) groups excluding carboxylic acids is 2. The summed E-state index contributed by atoms with van der Waals surface area (Å²) in [7, 11) is 1.31. The summed E-state index contributed by atoms with van der Waals surface area (Å²) in [5, 5.41) is 24.0. The van der Waals surface area contributed by atoms with Gasteiger partial charge in [0.2, 0.25) is 0 Å². The summed E-state index contributed by atoms with van der Waals surface area (Å²) in [5.41, 5.74) is -0.940. The monoisotopic (exact) mass is 423 g/mol. The van der Waals surface area contributed by atoms with Crippen LogP contribution in [0.4, 0.5) is 17.1 Å².